The standard InChI is InChI=1S/C19H29N3O7S/c1-13(2)28-18(24)21-10-11-22(16(12-21)17(23)20-25)30(26,27)15-8-6-14(7-9-15)29-19(3,4)5/h6-9,13,16,25H,10-12H2,1-5H3,(H,20,23)/t16-/m1/s1. The number of nitrogens with one attached hydrogen (secondary N) is 1. The van der Waals surface area contributed by atoms with Gasteiger partial charge in [-0.3, -0.25) is 10.0 Å². The van der Waals surface area contributed by atoms with E-state index in [0.29, 0.717) is 5.75 Å². The van der Waals surface area contributed by atoms with Crippen LogP contribution in [0.15, 0.2) is 29.2 Å². The van der Waals surface area contributed by atoms with Crippen molar-refractivity contribution in [3.63, 3.8) is 0 Å². The zero-order valence-electron chi connectivity index (χ0n) is 17.8. The molecular weight excluding hydrogens is 414 g/mol. The molecule has 0 saturated carbocycles. The molecule has 11 heteroatoms. The highest BCUT2D eigenvalue weighted by molar-refractivity contribution is 7.89. The molecule has 168 valence electrons. The van der Waals surface area contributed by atoms with Crippen LogP contribution in [0.4, 0.5) is 4.79 Å². The van der Waals surface area contributed by atoms with Crippen LogP contribution in [0, 0.1) is 0 Å². The summed E-state index contributed by atoms with van der Waals surface area (Å²) in [6.07, 6.45) is -1.01. The van der Waals surface area contributed by atoms with Gasteiger partial charge in [0.2, 0.25) is 10.0 Å². The van der Waals surface area contributed by atoms with Crippen molar-refractivity contribution in [2.24, 2.45) is 0 Å². The van der Waals surface area contributed by atoms with E-state index in [1.807, 2.05) is 20.8 Å². The highest BCUT2D eigenvalue weighted by Gasteiger charge is 2.41. The summed E-state index contributed by atoms with van der Waals surface area (Å²) in [7, 11) is -4.07. The molecule has 1 aliphatic rings. The number of sulfonamides is 1. The van der Waals surface area contributed by atoms with Crippen LogP contribution in [-0.2, 0) is 19.6 Å². The fourth-order valence-corrected chi connectivity index (χ4v) is 4.52. The molecule has 1 heterocycles. The molecule has 1 aliphatic heterocycles. The molecule has 0 aliphatic carbocycles. The molecule has 2 N–H and O–H groups in total. The average molecular weight is 444 g/mol. The van der Waals surface area contributed by atoms with E-state index in [1.54, 1.807) is 13.8 Å². The molecule has 2 rings (SSSR count). The fraction of sp³-hybridized carbons (Fsp3) is 0.579. The number of hydroxylamine groups is 1. The Morgan fingerprint density at radius 2 is 1.77 bits per heavy atom. The van der Waals surface area contributed by atoms with Crippen molar-refractivity contribution in [3.05, 3.63) is 24.3 Å². The van der Waals surface area contributed by atoms with Crippen LogP contribution < -0.4 is 10.2 Å². The second kappa shape index (κ2) is 9.19. The molecule has 1 atom stereocenters. The lowest BCUT2D eigenvalue weighted by Crippen LogP contribution is -2.61. The first-order valence-corrected chi connectivity index (χ1v) is 11.0. The minimum Gasteiger partial charge on any atom is -0.488 e. The number of hydrogen-bond donors (Lipinski definition) is 2. The van der Waals surface area contributed by atoms with Gasteiger partial charge in [-0.15, -0.1) is 0 Å². The maximum atomic E-state index is 13.2. The molecule has 30 heavy (non-hydrogen) atoms. The number of ether oxygens (including phenoxy) is 2. The summed E-state index contributed by atoms with van der Waals surface area (Å²) in [4.78, 5) is 25.6. The van der Waals surface area contributed by atoms with E-state index in [-0.39, 0.29) is 30.6 Å². The maximum Gasteiger partial charge on any atom is 0.410 e. The average Bonchev–Trinajstić information content (AvgIpc) is 2.65. The van der Waals surface area contributed by atoms with Crippen LogP contribution in [0.2, 0.25) is 0 Å². The molecular formula is C19H29N3O7S. The van der Waals surface area contributed by atoms with Crippen molar-refractivity contribution in [1.82, 2.24) is 14.7 Å². The van der Waals surface area contributed by atoms with Crippen LogP contribution in [0.1, 0.15) is 34.6 Å². The highest BCUT2D eigenvalue weighted by atomic mass is 32.2. The second-order valence-electron chi connectivity index (χ2n) is 8.17. The molecule has 1 aromatic rings. The number of carbonyl (C=O) groups excluding carboxylic acids is 2. The molecule has 0 bridgehead atoms. The van der Waals surface area contributed by atoms with Crippen molar-refractivity contribution in [3.8, 4) is 5.75 Å². The molecule has 1 saturated heterocycles. The van der Waals surface area contributed by atoms with Crippen molar-refractivity contribution in [2.45, 2.75) is 57.3 Å². The lowest BCUT2D eigenvalue weighted by molar-refractivity contribution is -0.134. The minimum absolute atomic E-state index is 0.0299. The molecule has 0 aromatic heterocycles. The van der Waals surface area contributed by atoms with E-state index in [2.05, 4.69) is 0 Å². The number of benzene rings is 1. The van der Waals surface area contributed by atoms with Crippen LogP contribution in [0.25, 0.3) is 0 Å². The Kier molecular flexibility index (Phi) is 7.32. The topological polar surface area (TPSA) is 125 Å². The van der Waals surface area contributed by atoms with Crippen molar-refractivity contribution >= 4 is 22.0 Å². The van der Waals surface area contributed by atoms with Crippen molar-refractivity contribution in [2.75, 3.05) is 19.6 Å². The van der Waals surface area contributed by atoms with E-state index < -0.39 is 33.7 Å². The predicted molar refractivity (Wildman–Crippen MR) is 108 cm³/mol. The van der Waals surface area contributed by atoms with Gasteiger partial charge in [-0.25, -0.2) is 18.7 Å². The summed E-state index contributed by atoms with van der Waals surface area (Å²) < 4.78 is 38.1. The molecule has 0 spiro atoms. The summed E-state index contributed by atoms with van der Waals surface area (Å²) in [5.41, 5.74) is 1.04. The Morgan fingerprint density at radius 3 is 2.27 bits per heavy atom. The monoisotopic (exact) mass is 443 g/mol. The van der Waals surface area contributed by atoms with Gasteiger partial charge in [0.25, 0.3) is 5.91 Å². The zero-order chi connectivity index (χ0) is 22.7. The number of piperazine rings is 1. The van der Waals surface area contributed by atoms with Gasteiger partial charge >= 0.3 is 6.09 Å². The predicted octanol–water partition coefficient (Wildman–Crippen LogP) is 1.59. The van der Waals surface area contributed by atoms with E-state index >= 15 is 0 Å². The first-order valence-electron chi connectivity index (χ1n) is 9.55. The molecule has 1 aromatic carbocycles. The van der Waals surface area contributed by atoms with E-state index in [1.165, 1.54) is 34.6 Å². The number of carbonyl (C=O) groups is 2. The molecule has 1 fully saturated rings. The number of rotatable bonds is 5. The summed E-state index contributed by atoms with van der Waals surface area (Å²) in [6.45, 7) is 8.66. The number of nitrogens with zero attached hydrogens (tertiary/aromatic N) is 2. The third kappa shape index (κ3) is 5.83. The SMILES string of the molecule is CC(C)OC(=O)N1CCN(S(=O)(=O)c2ccc(OC(C)(C)C)cc2)[C@@H](C(=O)NO)C1. The molecule has 10 nitrogen and oxygen atoms in total. The quantitative estimate of drug-likeness (QED) is 0.523. The third-order valence-electron chi connectivity index (χ3n) is 4.19. The summed E-state index contributed by atoms with van der Waals surface area (Å²) >= 11 is 0. The van der Waals surface area contributed by atoms with Crippen molar-refractivity contribution < 1.29 is 32.7 Å². The number of hydrogen-bond acceptors (Lipinski definition) is 7. The first kappa shape index (κ1) is 23.9. The normalized spacial score (nSPS) is 18.2. The Bertz CT molecular complexity index is 863. The Labute approximate surface area is 176 Å². The van der Waals surface area contributed by atoms with Gasteiger partial charge in [0, 0.05) is 19.6 Å². The minimum atomic E-state index is -4.07. The first-order chi connectivity index (χ1) is 13.8. The van der Waals surface area contributed by atoms with Gasteiger partial charge in [-0.05, 0) is 58.9 Å². The Hall–Kier alpha value is -2.37. The van der Waals surface area contributed by atoms with Crippen LogP contribution in [0.5, 0.6) is 5.75 Å². The van der Waals surface area contributed by atoms with Gasteiger partial charge in [0.1, 0.15) is 17.4 Å². The summed E-state index contributed by atoms with van der Waals surface area (Å²) in [6, 6.07) is 4.55. The van der Waals surface area contributed by atoms with Gasteiger partial charge in [0.15, 0.2) is 0 Å². The summed E-state index contributed by atoms with van der Waals surface area (Å²) in [5.74, 6) is -0.430. The Morgan fingerprint density at radius 1 is 1.17 bits per heavy atom. The molecule has 0 radical (unpaired) electrons. The smallest absolute Gasteiger partial charge is 0.410 e. The van der Waals surface area contributed by atoms with Crippen molar-refractivity contribution in [1.29, 1.82) is 0 Å². The van der Waals surface area contributed by atoms with Crippen LogP contribution >= 0.6 is 0 Å². The van der Waals surface area contributed by atoms with Crippen LogP contribution in [0.3, 0.4) is 0 Å². The molecule has 2 amide bonds. The van der Waals surface area contributed by atoms with E-state index in [0.717, 1.165) is 4.31 Å². The number of amides is 2. The summed E-state index contributed by atoms with van der Waals surface area (Å²) in [5, 5.41) is 9.08. The van der Waals surface area contributed by atoms with E-state index in [9.17, 15) is 18.0 Å². The Balaban J connectivity index is 2.26. The van der Waals surface area contributed by atoms with Gasteiger partial charge in [-0.2, -0.15) is 4.31 Å². The lowest BCUT2D eigenvalue weighted by atomic mass is 10.2. The maximum absolute atomic E-state index is 13.2. The fourth-order valence-electron chi connectivity index (χ4n) is 2.95. The van der Waals surface area contributed by atoms with Gasteiger partial charge < -0.3 is 14.4 Å². The zero-order valence-corrected chi connectivity index (χ0v) is 18.6. The van der Waals surface area contributed by atoms with Crippen LogP contribution in [-0.4, -0.2) is 72.2 Å². The largest absolute Gasteiger partial charge is 0.488 e. The second-order valence-corrected chi connectivity index (χ2v) is 10.1. The van der Waals surface area contributed by atoms with E-state index in [4.69, 9.17) is 14.7 Å². The van der Waals surface area contributed by atoms with Gasteiger partial charge in [-0.1, -0.05) is 0 Å². The lowest BCUT2D eigenvalue weighted by Gasteiger charge is -2.38. The third-order valence-corrected chi connectivity index (χ3v) is 6.12. The molecule has 0 unspecified atom stereocenters. The van der Waals surface area contributed by atoms with Gasteiger partial charge in [0.05, 0.1) is 11.0 Å². The highest BCUT2D eigenvalue weighted by Crippen LogP contribution is 2.25.